The van der Waals surface area contributed by atoms with Gasteiger partial charge in [0.05, 0.1) is 23.1 Å². The standard InChI is InChI=1S/C27H44N6O6/c1-2-3-6-22(29)25(35)32(26(36)23(30)17-18-8-14-21(34)15-9-18)27(37)24(7-4-5-16-28)31-19-10-12-20(13-11-19)33(38)39/h10-13,18,21-24,31,34H,2-9,14-17,28-30H2,1H3. The molecule has 1 aliphatic rings. The Morgan fingerprint density at radius 3 is 2.18 bits per heavy atom. The average Bonchev–Trinajstić information content (AvgIpc) is 2.92. The van der Waals surface area contributed by atoms with Crippen molar-refractivity contribution < 1.29 is 24.4 Å². The van der Waals surface area contributed by atoms with Gasteiger partial charge in [-0.15, -0.1) is 0 Å². The number of unbranched alkanes of at least 4 members (excludes halogenated alkanes) is 2. The van der Waals surface area contributed by atoms with E-state index in [2.05, 4.69) is 5.32 Å². The van der Waals surface area contributed by atoms with Crippen molar-refractivity contribution >= 4 is 29.1 Å². The maximum absolute atomic E-state index is 13.9. The van der Waals surface area contributed by atoms with Crippen LogP contribution in [-0.4, -0.2) is 63.4 Å². The van der Waals surface area contributed by atoms with Crippen LogP contribution in [0.15, 0.2) is 24.3 Å². The number of aliphatic hydroxyl groups excluding tert-OH is 1. The highest BCUT2D eigenvalue weighted by atomic mass is 16.6. The summed E-state index contributed by atoms with van der Waals surface area (Å²) < 4.78 is 0. The van der Waals surface area contributed by atoms with Gasteiger partial charge in [-0.05, 0) is 82.4 Å². The van der Waals surface area contributed by atoms with Gasteiger partial charge >= 0.3 is 0 Å². The van der Waals surface area contributed by atoms with Gasteiger partial charge in [0.2, 0.25) is 0 Å². The number of nitrogens with zero attached hydrogens (tertiary/aromatic N) is 2. The quantitative estimate of drug-likeness (QED) is 0.122. The molecule has 0 heterocycles. The molecule has 1 fully saturated rings. The molecule has 1 aromatic carbocycles. The molecule has 1 aromatic rings. The molecule has 0 saturated heterocycles. The number of nitrogens with two attached hydrogens (primary N) is 3. The summed E-state index contributed by atoms with van der Waals surface area (Å²) in [6.07, 6.45) is 5.80. The molecule has 0 spiro atoms. The smallest absolute Gasteiger partial charge is 0.269 e. The Morgan fingerprint density at radius 1 is 1.00 bits per heavy atom. The van der Waals surface area contributed by atoms with Crippen LogP contribution in [0.2, 0.25) is 0 Å². The summed E-state index contributed by atoms with van der Waals surface area (Å²) in [5.41, 5.74) is 18.4. The van der Waals surface area contributed by atoms with Crippen molar-refractivity contribution in [2.45, 2.75) is 102 Å². The van der Waals surface area contributed by atoms with E-state index in [1.165, 1.54) is 24.3 Å². The molecule has 1 aliphatic carbocycles. The number of hydrogen-bond donors (Lipinski definition) is 5. The maximum atomic E-state index is 13.9. The Balaban J connectivity index is 2.31. The number of hydrogen-bond acceptors (Lipinski definition) is 10. The molecule has 12 heteroatoms. The normalized spacial score (nSPS) is 19.5. The Labute approximate surface area is 229 Å². The van der Waals surface area contributed by atoms with Gasteiger partial charge in [-0.1, -0.05) is 19.8 Å². The first-order valence-corrected chi connectivity index (χ1v) is 13.9. The van der Waals surface area contributed by atoms with E-state index in [0.29, 0.717) is 74.9 Å². The van der Waals surface area contributed by atoms with E-state index >= 15 is 0 Å². The topological polar surface area (TPSA) is 208 Å². The predicted molar refractivity (Wildman–Crippen MR) is 148 cm³/mol. The highest BCUT2D eigenvalue weighted by Gasteiger charge is 2.39. The van der Waals surface area contributed by atoms with Crippen LogP contribution in [0.3, 0.4) is 0 Å². The molecule has 218 valence electrons. The van der Waals surface area contributed by atoms with Crippen LogP contribution in [0.4, 0.5) is 11.4 Å². The second kappa shape index (κ2) is 16.2. The lowest BCUT2D eigenvalue weighted by Crippen LogP contribution is -2.58. The zero-order chi connectivity index (χ0) is 28.9. The summed E-state index contributed by atoms with van der Waals surface area (Å²) in [5, 5.41) is 23.8. The second-order valence-corrected chi connectivity index (χ2v) is 10.4. The summed E-state index contributed by atoms with van der Waals surface area (Å²) in [6.45, 7) is 2.35. The summed E-state index contributed by atoms with van der Waals surface area (Å²) >= 11 is 0. The van der Waals surface area contributed by atoms with Crippen molar-refractivity contribution in [1.29, 1.82) is 0 Å². The molecule has 0 aliphatic heterocycles. The molecular weight excluding hydrogens is 504 g/mol. The minimum atomic E-state index is -1.08. The van der Waals surface area contributed by atoms with Crippen molar-refractivity contribution in [3.05, 3.63) is 34.4 Å². The number of benzene rings is 1. The molecule has 3 unspecified atom stereocenters. The van der Waals surface area contributed by atoms with Gasteiger partial charge < -0.3 is 27.6 Å². The summed E-state index contributed by atoms with van der Waals surface area (Å²) in [6, 6.07) is 2.42. The lowest BCUT2D eigenvalue weighted by molar-refractivity contribution is -0.384. The number of rotatable bonds is 15. The lowest BCUT2D eigenvalue weighted by atomic mass is 9.83. The third kappa shape index (κ3) is 9.95. The number of amides is 3. The van der Waals surface area contributed by atoms with E-state index in [4.69, 9.17) is 17.2 Å². The van der Waals surface area contributed by atoms with Crippen LogP contribution in [0, 0.1) is 16.0 Å². The fraction of sp³-hybridized carbons (Fsp3) is 0.667. The molecule has 8 N–H and O–H groups in total. The van der Waals surface area contributed by atoms with E-state index in [9.17, 15) is 29.6 Å². The first kappa shape index (κ1) is 32.3. The fourth-order valence-electron chi connectivity index (χ4n) is 4.83. The van der Waals surface area contributed by atoms with Crippen molar-refractivity contribution in [3.8, 4) is 0 Å². The summed E-state index contributed by atoms with van der Waals surface area (Å²) in [5.74, 6) is -2.24. The number of carbonyl (C=O) groups is 3. The van der Waals surface area contributed by atoms with Crippen molar-refractivity contribution in [2.75, 3.05) is 11.9 Å². The number of non-ortho nitro benzene ring substituents is 1. The largest absolute Gasteiger partial charge is 0.393 e. The Kier molecular flexibility index (Phi) is 13.4. The molecule has 1 saturated carbocycles. The average molecular weight is 549 g/mol. The van der Waals surface area contributed by atoms with E-state index in [-0.39, 0.29) is 24.1 Å². The SMILES string of the molecule is CCCCC(N)C(=O)N(C(=O)C(N)CC1CCC(O)CC1)C(=O)C(CCCCN)Nc1ccc([N+](=O)[O-])cc1. The van der Waals surface area contributed by atoms with Crippen LogP contribution in [0.5, 0.6) is 0 Å². The minimum Gasteiger partial charge on any atom is -0.393 e. The first-order chi connectivity index (χ1) is 18.6. The number of aliphatic hydroxyl groups is 1. The van der Waals surface area contributed by atoms with Crippen molar-refractivity contribution in [3.63, 3.8) is 0 Å². The first-order valence-electron chi connectivity index (χ1n) is 13.9. The number of nitro benzene ring substituents is 1. The van der Waals surface area contributed by atoms with Crippen LogP contribution in [-0.2, 0) is 14.4 Å². The monoisotopic (exact) mass is 548 g/mol. The third-order valence-electron chi connectivity index (χ3n) is 7.23. The molecule has 12 nitrogen and oxygen atoms in total. The highest BCUT2D eigenvalue weighted by Crippen LogP contribution is 2.28. The number of imide groups is 3. The molecule has 0 bridgehead atoms. The number of nitrogens with one attached hydrogen (secondary N) is 1. The van der Waals surface area contributed by atoms with Crippen molar-refractivity contribution in [1.82, 2.24) is 4.90 Å². The molecule has 3 atom stereocenters. The Morgan fingerprint density at radius 2 is 1.62 bits per heavy atom. The summed E-state index contributed by atoms with van der Waals surface area (Å²) in [7, 11) is 0. The molecular formula is C27H44N6O6. The van der Waals surface area contributed by atoms with Crippen molar-refractivity contribution in [2.24, 2.45) is 23.1 Å². The van der Waals surface area contributed by atoms with Crippen LogP contribution in [0.1, 0.15) is 77.6 Å². The number of nitro groups is 1. The van der Waals surface area contributed by atoms with Crippen LogP contribution in [0.25, 0.3) is 0 Å². The third-order valence-corrected chi connectivity index (χ3v) is 7.23. The van der Waals surface area contributed by atoms with E-state index in [0.717, 1.165) is 6.42 Å². The van der Waals surface area contributed by atoms with Gasteiger partial charge in [0.15, 0.2) is 0 Å². The van der Waals surface area contributed by atoms with Gasteiger partial charge in [-0.2, -0.15) is 0 Å². The fourth-order valence-corrected chi connectivity index (χ4v) is 4.83. The van der Waals surface area contributed by atoms with E-state index in [1.807, 2.05) is 6.92 Å². The van der Waals surface area contributed by atoms with Gasteiger partial charge in [0.1, 0.15) is 6.04 Å². The minimum absolute atomic E-state index is 0.103. The Hall–Kier alpha value is -2.93. The van der Waals surface area contributed by atoms with Crippen LogP contribution >= 0.6 is 0 Å². The molecule has 2 rings (SSSR count). The van der Waals surface area contributed by atoms with Gasteiger partial charge in [-0.3, -0.25) is 24.5 Å². The Bertz CT molecular complexity index is 951. The molecule has 39 heavy (non-hydrogen) atoms. The number of carbonyl (C=O) groups excluding carboxylic acids is 3. The predicted octanol–water partition coefficient (Wildman–Crippen LogP) is 2.17. The van der Waals surface area contributed by atoms with Gasteiger partial charge in [0, 0.05) is 17.8 Å². The molecule has 0 radical (unpaired) electrons. The van der Waals surface area contributed by atoms with E-state index in [1.54, 1.807) is 0 Å². The number of anilines is 1. The van der Waals surface area contributed by atoms with Gasteiger partial charge in [0.25, 0.3) is 23.4 Å². The molecule has 0 aromatic heterocycles. The zero-order valence-electron chi connectivity index (χ0n) is 22.8. The van der Waals surface area contributed by atoms with E-state index < -0.39 is 40.8 Å². The maximum Gasteiger partial charge on any atom is 0.269 e. The molecule has 3 amide bonds. The van der Waals surface area contributed by atoms with Gasteiger partial charge in [-0.25, -0.2) is 4.90 Å². The highest BCUT2D eigenvalue weighted by molar-refractivity contribution is 6.15. The summed E-state index contributed by atoms with van der Waals surface area (Å²) in [4.78, 5) is 52.0. The van der Waals surface area contributed by atoms with Crippen LogP contribution < -0.4 is 22.5 Å². The zero-order valence-corrected chi connectivity index (χ0v) is 22.8. The second-order valence-electron chi connectivity index (χ2n) is 10.4. The lowest BCUT2D eigenvalue weighted by Gasteiger charge is -2.31.